The molecule has 0 aliphatic carbocycles. The maximum absolute atomic E-state index is 13.7. The largest absolute Gasteiger partial charge is 0.348 e. The zero-order chi connectivity index (χ0) is 26.4. The van der Waals surface area contributed by atoms with Crippen LogP contribution in [0.3, 0.4) is 0 Å². The molecule has 2 saturated heterocycles. The monoisotopic (exact) mass is 516 g/mol. The van der Waals surface area contributed by atoms with Gasteiger partial charge in [-0.3, -0.25) is 14.7 Å². The van der Waals surface area contributed by atoms with Crippen LogP contribution in [-0.4, -0.2) is 68.5 Å². The Bertz CT molecular complexity index is 1090. The molecular formula is C31H44N6O. The molecule has 2 fully saturated rings. The molecule has 0 atom stereocenters. The Morgan fingerprint density at radius 1 is 1.00 bits per heavy atom. The van der Waals surface area contributed by atoms with Gasteiger partial charge in [0.2, 0.25) is 5.91 Å². The number of aromatic nitrogens is 2. The van der Waals surface area contributed by atoms with E-state index in [9.17, 15) is 4.79 Å². The Kier molecular flexibility index (Phi) is 8.75. The molecule has 2 aromatic rings. The van der Waals surface area contributed by atoms with Crippen LogP contribution >= 0.6 is 0 Å². The number of aliphatic imine (C=N–C) groups is 1. The van der Waals surface area contributed by atoms with Crippen molar-refractivity contribution in [3.05, 3.63) is 65.9 Å². The minimum atomic E-state index is -0.134. The molecule has 0 radical (unpaired) electrons. The third-order valence-corrected chi connectivity index (χ3v) is 8.89. The summed E-state index contributed by atoms with van der Waals surface area (Å²) in [5.41, 5.74) is 3.54. The van der Waals surface area contributed by atoms with E-state index in [0.29, 0.717) is 11.9 Å². The number of allylic oxidation sites excluding steroid dienone is 1. The number of nitrogens with one attached hydrogen (secondary N) is 1. The first kappa shape index (κ1) is 26.8. The molecule has 3 aliphatic rings. The smallest absolute Gasteiger partial charge is 0.229 e. The molecule has 3 aliphatic heterocycles. The first-order chi connectivity index (χ1) is 18.6. The molecular weight excluding hydrogens is 472 g/mol. The number of nitrogens with zero attached hydrogens (tertiary/aromatic N) is 5. The van der Waals surface area contributed by atoms with Crippen LogP contribution in [0.5, 0.6) is 0 Å². The highest BCUT2D eigenvalue weighted by Gasteiger charge is 2.46. The van der Waals surface area contributed by atoms with Crippen LogP contribution in [0, 0.1) is 5.41 Å². The number of rotatable bonds is 11. The van der Waals surface area contributed by atoms with Crippen LogP contribution in [0.2, 0.25) is 0 Å². The summed E-state index contributed by atoms with van der Waals surface area (Å²) in [6.07, 6.45) is 15.2. The predicted octanol–water partition coefficient (Wildman–Crippen LogP) is 5.16. The lowest BCUT2D eigenvalue weighted by Crippen LogP contribution is -2.54. The van der Waals surface area contributed by atoms with Gasteiger partial charge in [0, 0.05) is 62.9 Å². The fourth-order valence-corrected chi connectivity index (χ4v) is 6.64. The fourth-order valence-electron chi connectivity index (χ4n) is 6.64. The molecule has 5 rings (SSSR count). The minimum absolute atomic E-state index is 0.134. The van der Waals surface area contributed by atoms with Crippen LogP contribution in [-0.2, 0) is 24.4 Å². The van der Waals surface area contributed by atoms with E-state index in [1.54, 1.807) is 6.20 Å². The van der Waals surface area contributed by atoms with Gasteiger partial charge in [-0.15, -0.1) is 0 Å². The van der Waals surface area contributed by atoms with Crippen LogP contribution in [0.1, 0.15) is 75.7 Å². The van der Waals surface area contributed by atoms with Crippen molar-refractivity contribution in [2.45, 2.75) is 84.5 Å². The molecule has 4 heterocycles. The number of aromatic amines is 1. The van der Waals surface area contributed by atoms with Crippen molar-refractivity contribution < 1.29 is 4.79 Å². The summed E-state index contributed by atoms with van der Waals surface area (Å²) < 4.78 is 0. The summed E-state index contributed by atoms with van der Waals surface area (Å²) >= 11 is 0. The molecule has 38 heavy (non-hydrogen) atoms. The summed E-state index contributed by atoms with van der Waals surface area (Å²) in [6.45, 7) is 10.7. The molecule has 0 bridgehead atoms. The topological polar surface area (TPSA) is 67.8 Å². The second-order valence-corrected chi connectivity index (χ2v) is 11.4. The molecule has 0 saturated carbocycles. The summed E-state index contributed by atoms with van der Waals surface area (Å²) in [5.74, 6) is 1.36. The molecule has 204 valence electrons. The number of H-pyrrole nitrogens is 1. The lowest BCUT2D eigenvalue weighted by molar-refractivity contribution is -0.151. The van der Waals surface area contributed by atoms with Gasteiger partial charge in [-0.1, -0.05) is 44.2 Å². The number of carbonyl (C=O) groups excluding carboxylic acids is 1. The zero-order valence-electron chi connectivity index (χ0n) is 23.2. The number of piperidine rings is 2. The van der Waals surface area contributed by atoms with E-state index in [0.717, 1.165) is 83.7 Å². The molecule has 7 heteroatoms. The number of likely N-dealkylation sites (tertiary alicyclic amines) is 2. The van der Waals surface area contributed by atoms with Gasteiger partial charge in [0.15, 0.2) is 0 Å². The van der Waals surface area contributed by atoms with Crippen molar-refractivity contribution in [2.24, 2.45) is 10.4 Å². The summed E-state index contributed by atoms with van der Waals surface area (Å²) in [5, 5.41) is 0. The number of amides is 1. The third-order valence-electron chi connectivity index (χ3n) is 8.89. The second kappa shape index (κ2) is 12.4. The van der Waals surface area contributed by atoms with E-state index in [1.807, 2.05) is 12.4 Å². The van der Waals surface area contributed by atoms with Crippen LogP contribution < -0.4 is 0 Å². The van der Waals surface area contributed by atoms with Gasteiger partial charge in [-0.2, -0.15) is 0 Å². The molecule has 7 nitrogen and oxygen atoms in total. The van der Waals surface area contributed by atoms with Gasteiger partial charge < -0.3 is 14.8 Å². The lowest BCUT2D eigenvalue weighted by atomic mass is 9.71. The Labute approximate surface area is 228 Å². The van der Waals surface area contributed by atoms with Gasteiger partial charge in [0.1, 0.15) is 5.82 Å². The first-order valence-corrected chi connectivity index (χ1v) is 14.6. The number of hydrogen-bond acceptors (Lipinski definition) is 5. The molecule has 1 N–H and O–H groups in total. The number of imidazole rings is 1. The van der Waals surface area contributed by atoms with E-state index < -0.39 is 0 Å². The van der Waals surface area contributed by atoms with Crippen molar-refractivity contribution in [3.8, 4) is 0 Å². The Hall–Kier alpha value is -2.77. The van der Waals surface area contributed by atoms with Gasteiger partial charge in [-0.25, -0.2) is 4.98 Å². The highest BCUT2D eigenvalue weighted by Crippen LogP contribution is 2.42. The number of benzene rings is 1. The molecule has 0 unspecified atom stereocenters. The van der Waals surface area contributed by atoms with Gasteiger partial charge in [0.05, 0.1) is 12.0 Å². The maximum atomic E-state index is 13.7. The van der Waals surface area contributed by atoms with E-state index >= 15 is 0 Å². The average molecular weight is 517 g/mol. The molecule has 1 spiro atoms. The summed E-state index contributed by atoms with van der Waals surface area (Å²) in [4.78, 5) is 33.0. The lowest BCUT2D eigenvalue weighted by Gasteiger charge is -2.48. The van der Waals surface area contributed by atoms with Crippen molar-refractivity contribution in [1.29, 1.82) is 0 Å². The molecule has 1 aromatic carbocycles. The van der Waals surface area contributed by atoms with Crippen molar-refractivity contribution in [3.63, 3.8) is 0 Å². The Balaban J connectivity index is 1.18. The highest BCUT2D eigenvalue weighted by atomic mass is 16.2. The third kappa shape index (κ3) is 6.26. The average Bonchev–Trinajstić information content (AvgIpc) is 3.64. The van der Waals surface area contributed by atoms with Gasteiger partial charge >= 0.3 is 0 Å². The van der Waals surface area contributed by atoms with Crippen LogP contribution in [0.4, 0.5) is 0 Å². The number of carbonyl (C=O) groups is 1. The molecule has 1 amide bonds. The standard InChI is InChI=1S/C31H44N6O/c1-3-28(4-2)36-19-13-31(14-20-36)12-6-18-37(30(31)38)22-26-10-8-25(9-11-26)21-35(23-27-7-5-15-32-27)24-29-33-16-17-34-29/h5,8-11,15-17,28H,3-4,6-7,12-14,18-24H2,1-2H3,(H,33,34). The van der Waals surface area contributed by atoms with E-state index in [4.69, 9.17) is 0 Å². The summed E-state index contributed by atoms with van der Waals surface area (Å²) in [6, 6.07) is 9.52. The SMILES string of the molecule is CCC(CC)N1CCC2(CCCN(Cc3ccc(CN(CC4=NC=CC4)Cc4ncc[nH]4)cc3)C2=O)CC1. The Morgan fingerprint density at radius 3 is 2.42 bits per heavy atom. The fraction of sp³-hybridized carbons (Fsp3) is 0.581. The predicted molar refractivity (Wildman–Crippen MR) is 153 cm³/mol. The van der Waals surface area contributed by atoms with Gasteiger partial charge in [-0.05, 0) is 62.7 Å². The van der Waals surface area contributed by atoms with Crippen LogP contribution in [0.15, 0.2) is 53.9 Å². The van der Waals surface area contributed by atoms with Crippen molar-refractivity contribution in [2.75, 3.05) is 26.2 Å². The molecule has 1 aromatic heterocycles. The highest BCUT2D eigenvalue weighted by molar-refractivity contribution is 5.89. The van der Waals surface area contributed by atoms with Crippen molar-refractivity contribution in [1.82, 2.24) is 24.7 Å². The van der Waals surface area contributed by atoms with Gasteiger partial charge in [0.25, 0.3) is 0 Å². The quantitative estimate of drug-likeness (QED) is 0.448. The first-order valence-electron chi connectivity index (χ1n) is 14.6. The minimum Gasteiger partial charge on any atom is -0.348 e. The van der Waals surface area contributed by atoms with Crippen molar-refractivity contribution >= 4 is 11.6 Å². The number of hydrogen-bond donors (Lipinski definition) is 1. The maximum Gasteiger partial charge on any atom is 0.229 e. The van der Waals surface area contributed by atoms with Crippen LogP contribution in [0.25, 0.3) is 0 Å². The second-order valence-electron chi connectivity index (χ2n) is 11.4. The van der Waals surface area contributed by atoms with E-state index in [-0.39, 0.29) is 5.41 Å². The zero-order valence-corrected chi connectivity index (χ0v) is 23.2. The summed E-state index contributed by atoms with van der Waals surface area (Å²) in [7, 11) is 0. The Morgan fingerprint density at radius 2 is 1.76 bits per heavy atom. The van der Waals surface area contributed by atoms with E-state index in [1.165, 1.54) is 29.7 Å². The normalized spacial score (nSPS) is 19.7. The van der Waals surface area contributed by atoms with E-state index in [2.05, 4.69) is 73.8 Å².